The van der Waals surface area contributed by atoms with Gasteiger partial charge in [-0.05, 0) is 108 Å². The summed E-state index contributed by atoms with van der Waals surface area (Å²) in [6.45, 7) is 11.8. The zero-order valence-corrected chi connectivity index (χ0v) is 31.0. The Balaban J connectivity index is 1.25. The summed E-state index contributed by atoms with van der Waals surface area (Å²) in [4.78, 5) is 33.5. The number of aryl methyl sites for hydroxylation is 3. The summed E-state index contributed by atoms with van der Waals surface area (Å²) in [5, 5.41) is 19.8. The molecule has 2 aliphatic heterocycles. The molecule has 0 aliphatic carbocycles. The van der Waals surface area contributed by atoms with Gasteiger partial charge in [-0.15, -0.1) is 0 Å². The van der Waals surface area contributed by atoms with Gasteiger partial charge in [-0.1, -0.05) is 0 Å². The van der Waals surface area contributed by atoms with Crippen LogP contribution in [-0.4, -0.2) is 72.6 Å². The second-order valence-corrected chi connectivity index (χ2v) is 15.2. The number of piperidine rings is 1. The van der Waals surface area contributed by atoms with Gasteiger partial charge in [-0.2, -0.15) is 5.10 Å². The van der Waals surface area contributed by atoms with Crippen molar-refractivity contribution in [2.75, 3.05) is 19.7 Å². The Morgan fingerprint density at radius 2 is 1.94 bits per heavy atom. The number of carboxylic acid groups (broad SMARTS) is 1. The van der Waals surface area contributed by atoms with Crippen molar-refractivity contribution in [3.05, 3.63) is 76.0 Å². The van der Waals surface area contributed by atoms with Crippen molar-refractivity contribution in [1.82, 2.24) is 29.5 Å². The number of pyridine rings is 1. The largest absolute Gasteiger partial charge is 0.490 e. The van der Waals surface area contributed by atoms with Crippen LogP contribution in [0.3, 0.4) is 0 Å². The van der Waals surface area contributed by atoms with Crippen LogP contribution in [0.2, 0.25) is 0 Å². The highest BCUT2D eigenvalue weighted by Gasteiger charge is 2.35. The molecule has 7 rings (SSSR count). The molecule has 0 saturated carbocycles. The maximum Gasteiger partial charge on any atom is 0.337 e. The normalized spacial score (nSPS) is 17.3. The van der Waals surface area contributed by atoms with Crippen molar-refractivity contribution in [3.8, 4) is 16.9 Å². The van der Waals surface area contributed by atoms with Gasteiger partial charge in [-0.3, -0.25) is 14.4 Å². The molecule has 2 aliphatic rings. The molecule has 2 N–H and O–H groups in total. The average Bonchev–Trinajstić information content (AvgIpc) is 3.62. The molecule has 1 fully saturated rings. The molecule has 11 nitrogen and oxygen atoms in total. The number of nitrogens with zero attached hydrogens (tertiary/aromatic N) is 5. The number of ether oxygens (including phenoxy) is 2. The summed E-state index contributed by atoms with van der Waals surface area (Å²) in [5.41, 5.74) is 6.23. The number of fused-ring (bicyclic) bond motifs is 3. The molecule has 0 unspecified atom stereocenters. The van der Waals surface area contributed by atoms with Gasteiger partial charge >= 0.3 is 5.97 Å². The number of nitrogens with one attached hydrogen (secondary N) is 1. The first-order chi connectivity index (χ1) is 24.7. The Kier molecular flexibility index (Phi) is 9.33. The van der Waals surface area contributed by atoms with Crippen molar-refractivity contribution in [3.63, 3.8) is 0 Å². The number of likely N-dealkylation sites (tertiary alicyclic amines) is 1. The van der Waals surface area contributed by atoms with E-state index in [1.54, 1.807) is 17.8 Å². The number of aliphatic carboxylic acids is 1. The zero-order chi connectivity index (χ0) is 37.1. The van der Waals surface area contributed by atoms with E-state index in [1.165, 1.54) is 6.07 Å². The third-order valence-corrected chi connectivity index (χ3v) is 10.4. The molecular weight excluding hydrogens is 663 g/mol. The van der Waals surface area contributed by atoms with Crippen LogP contribution in [0.15, 0.2) is 36.5 Å². The van der Waals surface area contributed by atoms with Crippen molar-refractivity contribution in [2.45, 2.75) is 84.6 Å². The lowest BCUT2D eigenvalue weighted by Crippen LogP contribution is -2.47. The molecule has 0 spiro atoms. The minimum atomic E-state index is -1.34. The SMILES string of the molecule is Cc1nc2c(cc(CN3CCC[C@H](NC(=O)c4ccc5c(cnn5C)c4)C3)n2C)c(-c2cc(F)c3c(c2C)CCCO3)c1[C@H](OC(C)(C)C)C(=O)O. The van der Waals surface area contributed by atoms with Gasteiger partial charge in [0.2, 0.25) is 0 Å². The molecule has 52 heavy (non-hydrogen) atoms. The van der Waals surface area contributed by atoms with E-state index in [9.17, 15) is 14.7 Å². The lowest BCUT2D eigenvalue weighted by atomic mass is 9.86. The van der Waals surface area contributed by atoms with Crippen LogP contribution in [-0.2, 0) is 36.6 Å². The minimum absolute atomic E-state index is 0.0303. The first-order valence-electron chi connectivity index (χ1n) is 18.0. The molecule has 0 bridgehead atoms. The fourth-order valence-corrected chi connectivity index (χ4v) is 7.90. The monoisotopic (exact) mass is 710 g/mol. The van der Waals surface area contributed by atoms with E-state index in [0.29, 0.717) is 59.7 Å². The number of hydrogen-bond donors (Lipinski definition) is 2. The summed E-state index contributed by atoms with van der Waals surface area (Å²) in [7, 11) is 3.84. The molecule has 274 valence electrons. The third kappa shape index (κ3) is 6.65. The second-order valence-electron chi connectivity index (χ2n) is 15.2. The van der Waals surface area contributed by atoms with Crippen LogP contribution in [0.25, 0.3) is 33.1 Å². The molecule has 1 saturated heterocycles. The van der Waals surface area contributed by atoms with Crippen LogP contribution in [0.4, 0.5) is 4.39 Å². The molecule has 12 heteroatoms. The zero-order valence-electron chi connectivity index (χ0n) is 31.0. The van der Waals surface area contributed by atoms with Gasteiger partial charge in [-0.25, -0.2) is 14.2 Å². The van der Waals surface area contributed by atoms with Crippen molar-refractivity contribution in [2.24, 2.45) is 14.1 Å². The van der Waals surface area contributed by atoms with Gasteiger partial charge in [0.15, 0.2) is 17.7 Å². The molecule has 3 aromatic heterocycles. The van der Waals surface area contributed by atoms with Gasteiger partial charge in [0.1, 0.15) is 5.65 Å². The van der Waals surface area contributed by atoms with Crippen molar-refractivity contribution >= 4 is 33.8 Å². The Bertz CT molecular complexity index is 2220. The molecule has 1 amide bonds. The second kappa shape index (κ2) is 13.6. The fraction of sp³-hybridized carbons (Fsp3) is 0.450. The third-order valence-electron chi connectivity index (χ3n) is 10.4. The number of carboxylic acids is 1. The highest BCUT2D eigenvalue weighted by molar-refractivity contribution is 6.00. The summed E-state index contributed by atoms with van der Waals surface area (Å²) >= 11 is 0. The quantitative estimate of drug-likeness (QED) is 0.186. The number of rotatable bonds is 8. The summed E-state index contributed by atoms with van der Waals surface area (Å²) in [6.07, 6.45) is 3.66. The number of benzene rings is 2. The van der Waals surface area contributed by atoms with E-state index in [-0.39, 0.29) is 17.7 Å². The first kappa shape index (κ1) is 35.6. The number of aromatic nitrogens is 4. The van der Waals surface area contributed by atoms with E-state index in [4.69, 9.17) is 14.5 Å². The van der Waals surface area contributed by atoms with Crippen molar-refractivity contribution < 1.29 is 28.6 Å². The highest BCUT2D eigenvalue weighted by Crippen LogP contribution is 2.45. The van der Waals surface area contributed by atoms with Crippen LogP contribution < -0.4 is 10.1 Å². The molecule has 5 aromatic rings. The number of amides is 1. The summed E-state index contributed by atoms with van der Waals surface area (Å²) in [6, 6.07) is 9.12. The van der Waals surface area contributed by atoms with Crippen LogP contribution in [0.1, 0.15) is 84.6 Å². The van der Waals surface area contributed by atoms with E-state index in [0.717, 1.165) is 58.9 Å². The predicted molar refractivity (Wildman–Crippen MR) is 197 cm³/mol. The highest BCUT2D eigenvalue weighted by atomic mass is 19.1. The smallest absolute Gasteiger partial charge is 0.337 e. The topological polar surface area (TPSA) is 124 Å². The number of halogens is 1. The van der Waals surface area contributed by atoms with E-state index >= 15 is 4.39 Å². The van der Waals surface area contributed by atoms with E-state index in [1.807, 2.05) is 64.6 Å². The standard InChI is InChI=1S/C40H47FN6O5/c1-22-28-11-9-15-51-35(28)31(41)18-29(22)34-30-17-27(45(6)37(30)43-23(2)33(34)36(39(49)50)52-40(3,4)5)21-47-14-8-10-26(20-47)44-38(48)24-12-13-32-25(16-24)19-42-46(32)7/h12-13,16-19,26,36H,8-11,14-15,20-21H2,1-7H3,(H,44,48)(H,49,50)/t26-,36-/m0/s1. The summed E-state index contributed by atoms with van der Waals surface area (Å²) < 4.78 is 31.6. The Morgan fingerprint density at radius 1 is 1.15 bits per heavy atom. The molecule has 2 atom stereocenters. The molecule has 5 heterocycles. The van der Waals surface area contributed by atoms with Gasteiger partial charge in [0, 0.05) is 77.6 Å². The van der Waals surface area contributed by atoms with Gasteiger partial charge < -0.3 is 24.5 Å². The molecule has 2 aromatic carbocycles. The fourth-order valence-electron chi connectivity index (χ4n) is 7.90. The van der Waals surface area contributed by atoms with Gasteiger partial charge in [0.05, 0.1) is 23.9 Å². The lowest BCUT2D eigenvalue weighted by molar-refractivity contribution is -0.160. The Morgan fingerprint density at radius 3 is 2.69 bits per heavy atom. The maximum atomic E-state index is 15.8. The van der Waals surface area contributed by atoms with Crippen LogP contribution in [0, 0.1) is 19.7 Å². The van der Waals surface area contributed by atoms with E-state index in [2.05, 4.69) is 21.4 Å². The number of carbonyl (C=O) groups is 2. The van der Waals surface area contributed by atoms with Crippen LogP contribution >= 0.6 is 0 Å². The predicted octanol–water partition coefficient (Wildman–Crippen LogP) is 6.54. The lowest BCUT2D eigenvalue weighted by Gasteiger charge is -2.33. The first-order valence-corrected chi connectivity index (χ1v) is 18.0. The number of hydrogen-bond acceptors (Lipinski definition) is 7. The van der Waals surface area contributed by atoms with Crippen LogP contribution in [0.5, 0.6) is 5.75 Å². The molecular formula is C40H47FN6O5. The minimum Gasteiger partial charge on any atom is -0.490 e. The van der Waals surface area contributed by atoms with Crippen molar-refractivity contribution in [1.29, 1.82) is 0 Å². The van der Waals surface area contributed by atoms with E-state index < -0.39 is 23.5 Å². The number of carbonyl (C=O) groups excluding carboxylic acids is 1. The Hall–Kier alpha value is -4.81. The molecule has 0 radical (unpaired) electrons. The Labute approximate surface area is 302 Å². The summed E-state index contributed by atoms with van der Waals surface area (Å²) in [5.74, 6) is -1.44. The average molecular weight is 711 g/mol. The maximum absolute atomic E-state index is 15.8. The van der Waals surface area contributed by atoms with Gasteiger partial charge in [0.25, 0.3) is 5.91 Å².